The summed E-state index contributed by atoms with van der Waals surface area (Å²) >= 11 is 5.06. The van der Waals surface area contributed by atoms with E-state index in [0.717, 1.165) is 27.9 Å². The molecule has 1 saturated heterocycles. The molecule has 0 unspecified atom stereocenters. The van der Waals surface area contributed by atoms with E-state index in [1.54, 1.807) is 7.05 Å². The normalized spacial score (nSPS) is 16.5. The number of halogens is 3. The molecule has 2 heterocycles. The average Bonchev–Trinajstić information content (AvgIpc) is 3.00. The predicted octanol–water partition coefficient (Wildman–Crippen LogP) is 4.03. The first-order chi connectivity index (χ1) is 14.2. The molecule has 0 saturated carbocycles. The van der Waals surface area contributed by atoms with Gasteiger partial charge in [0.2, 0.25) is 0 Å². The molecule has 1 fully saturated rings. The summed E-state index contributed by atoms with van der Waals surface area (Å²) in [6, 6.07) is 13.5. The van der Waals surface area contributed by atoms with Crippen LogP contribution >= 0.6 is 12.2 Å². The summed E-state index contributed by atoms with van der Waals surface area (Å²) in [4.78, 5) is 26.4. The smallest absolute Gasteiger partial charge is 0.344 e. The highest BCUT2D eigenvalue weighted by Gasteiger charge is 2.36. The van der Waals surface area contributed by atoms with Crippen molar-refractivity contribution in [3.05, 3.63) is 71.4 Å². The number of hydrogen-bond donors (Lipinski definition) is 1. The maximum absolute atomic E-state index is 13.1. The Bertz CT molecular complexity index is 1240. The minimum Gasteiger partial charge on any atom is -0.344 e. The monoisotopic (exact) mass is 429 g/mol. The fourth-order valence-corrected chi connectivity index (χ4v) is 3.59. The number of benzene rings is 2. The van der Waals surface area contributed by atoms with Crippen molar-refractivity contribution < 1.29 is 22.8 Å². The van der Waals surface area contributed by atoms with Gasteiger partial charge >= 0.3 is 6.18 Å². The lowest BCUT2D eigenvalue weighted by molar-refractivity contribution is -0.137. The number of carbonyl (C=O) groups is 2. The van der Waals surface area contributed by atoms with Crippen LogP contribution in [0.1, 0.15) is 11.3 Å². The van der Waals surface area contributed by atoms with Crippen LogP contribution in [0.5, 0.6) is 0 Å². The van der Waals surface area contributed by atoms with Crippen molar-refractivity contribution in [2.45, 2.75) is 6.18 Å². The van der Waals surface area contributed by atoms with Crippen molar-refractivity contribution in [1.82, 2.24) is 9.88 Å². The summed E-state index contributed by atoms with van der Waals surface area (Å²) in [5.74, 6) is -1.51. The zero-order valence-corrected chi connectivity index (χ0v) is 16.3. The largest absolute Gasteiger partial charge is 0.416 e. The Labute approximate surface area is 174 Å². The van der Waals surface area contributed by atoms with Gasteiger partial charge in [-0.05, 0) is 48.6 Å². The van der Waals surface area contributed by atoms with E-state index in [2.05, 4.69) is 5.32 Å². The molecule has 9 heteroatoms. The number of amides is 2. The van der Waals surface area contributed by atoms with Gasteiger partial charge in [-0.15, -0.1) is 0 Å². The van der Waals surface area contributed by atoms with E-state index in [0.29, 0.717) is 5.69 Å². The molecular formula is C21H14F3N3O2S. The molecule has 0 bridgehead atoms. The zero-order valence-electron chi connectivity index (χ0n) is 15.5. The van der Waals surface area contributed by atoms with Gasteiger partial charge in [0.05, 0.1) is 11.3 Å². The number of carbonyl (C=O) groups excluding carboxylic acids is 2. The molecule has 5 nitrogen and oxygen atoms in total. The van der Waals surface area contributed by atoms with Gasteiger partial charge in [-0.3, -0.25) is 19.8 Å². The first kappa shape index (κ1) is 19.8. The molecule has 2 amide bonds. The van der Waals surface area contributed by atoms with E-state index in [9.17, 15) is 22.8 Å². The van der Waals surface area contributed by atoms with E-state index in [1.807, 2.05) is 34.9 Å². The predicted molar refractivity (Wildman–Crippen MR) is 111 cm³/mol. The second-order valence-electron chi connectivity index (χ2n) is 6.69. The molecule has 0 atom stereocenters. The molecular weight excluding hydrogens is 415 g/mol. The van der Waals surface area contributed by atoms with Gasteiger partial charge in [-0.1, -0.05) is 24.3 Å². The first-order valence-corrected chi connectivity index (χ1v) is 9.21. The Hall–Kier alpha value is -3.46. The maximum Gasteiger partial charge on any atom is 0.416 e. The third kappa shape index (κ3) is 3.37. The number of para-hydroxylation sites is 1. The second kappa shape index (κ2) is 7.10. The number of fused-ring (bicyclic) bond motifs is 1. The molecule has 1 aliphatic rings. The summed E-state index contributed by atoms with van der Waals surface area (Å²) in [6.07, 6.45) is -3.18. The summed E-state index contributed by atoms with van der Waals surface area (Å²) < 4.78 is 41.1. The van der Waals surface area contributed by atoms with Gasteiger partial charge in [0.1, 0.15) is 5.57 Å². The van der Waals surface area contributed by atoms with Gasteiger partial charge in [0.25, 0.3) is 11.8 Å². The molecule has 1 aliphatic heterocycles. The van der Waals surface area contributed by atoms with Crippen LogP contribution in [0.4, 0.5) is 18.9 Å². The average molecular weight is 429 g/mol. The number of alkyl halides is 3. The SMILES string of the molecule is Cn1c(C=C2C(=O)NC(=S)N(c3cccc(C(F)(F)F)c3)C2=O)cc2ccccc21. The lowest BCUT2D eigenvalue weighted by Gasteiger charge is -2.29. The topological polar surface area (TPSA) is 54.3 Å². The Morgan fingerprint density at radius 1 is 1.03 bits per heavy atom. The molecule has 1 N–H and O–H groups in total. The Balaban J connectivity index is 1.78. The van der Waals surface area contributed by atoms with Crippen LogP contribution in [-0.2, 0) is 22.8 Å². The number of nitrogens with one attached hydrogen (secondary N) is 1. The third-order valence-electron chi connectivity index (χ3n) is 4.81. The summed E-state index contributed by atoms with van der Waals surface area (Å²) in [7, 11) is 1.79. The fraction of sp³-hybridized carbons (Fsp3) is 0.0952. The van der Waals surface area contributed by atoms with Crippen molar-refractivity contribution in [3.63, 3.8) is 0 Å². The number of thiocarbonyl (C=S) groups is 1. The van der Waals surface area contributed by atoms with Crippen molar-refractivity contribution in [2.24, 2.45) is 7.05 Å². The zero-order chi connectivity index (χ0) is 21.6. The van der Waals surface area contributed by atoms with Gasteiger partial charge in [-0.2, -0.15) is 13.2 Å². The lowest BCUT2D eigenvalue weighted by Crippen LogP contribution is -2.54. The van der Waals surface area contributed by atoms with Crippen LogP contribution in [0.2, 0.25) is 0 Å². The summed E-state index contributed by atoms with van der Waals surface area (Å²) in [5, 5.41) is 3.02. The first-order valence-electron chi connectivity index (χ1n) is 8.80. The molecule has 3 aromatic rings. The Morgan fingerprint density at radius 3 is 2.47 bits per heavy atom. The molecule has 1 aromatic heterocycles. The van der Waals surface area contributed by atoms with E-state index in [1.165, 1.54) is 18.2 Å². The Kier molecular flexibility index (Phi) is 4.70. The number of rotatable bonds is 2. The van der Waals surface area contributed by atoms with Gasteiger partial charge < -0.3 is 4.57 Å². The third-order valence-corrected chi connectivity index (χ3v) is 5.10. The highest BCUT2D eigenvalue weighted by atomic mass is 32.1. The highest BCUT2D eigenvalue weighted by molar-refractivity contribution is 7.80. The van der Waals surface area contributed by atoms with Crippen LogP contribution in [0.25, 0.3) is 17.0 Å². The maximum atomic E-state index is 13.1. The summed E-state index contributed by atoms with van der Waals surface area (Å²) in [6.45, 7) is 0. The van der Waals surface area contributed by atoms with Crippen LogP contribution in [0.15, 0.2) is 60.2 Å². The molecule has 0 spiro atoms. The van der Waals surface area contributed by atoms with Crippen LogP contribution < -0.4 is 10.2 Å². The number of hydrogen-bond acceptors (Lipinski definition) is 3. The van der Waals surface area contributed by atoms with Crippen molar-refractivity contribution >= 4 is 51.8 Å². The van der Waals surface area contributed by atoms with Crippen molar-refractivity contribution in [3.8, 4) is 0 Å². The lowest BCUT2D eigenvalue weighted by atomic mass is 10.1. The minimum atomic E-state index is -4.58. The number of aryl methyl sites for hydroxylation is 1. The molecule has 4 rings (SSSR count). The van der Waals surface area contributed by atoms with E-state index in [4.69, 9.17) is 12.2 Å². The van der Waals surface area contributed by atoms with Gasteiger partial charge in [-0.25, -0.2) is 0 Å². The van der Waals surface area contributed by atoms with Gasteiger partial charge in [0.15, 0.2) is 5.11 Å². The minimum absolute atomic E-state index is 0.0808. The standard InChI is InChI=1S/C21H14F3N3O2S/c1-26-15(9-12-5-2-3-8-17(12)26)11-16-18(28)25-20(30)27(19(16)29)14-7-4-6-13(10-14)21(22,23)24/h2-11H,1H3,(H,25,28,30). The molecule has 152 valence electrons. The molecule has 0 aliphatic carbocycles. The molecule has 30 heavy (non-hydrogen) atoms. The van der Waals surface area contributed by atoms with E-state index >= 15 is 0 Å². The second-order valence-corrected chi connectivity index (χ2v) is 7.08. The van der Waals surface area contributed by atoms with E-state index < -0.39 is 23.6 Å². The molecule has 0 radical (unpaired) electrons. The number of aromatic nitrogens is 1. The number of anilines is 1. The van der Waals surface area contributed by atoms with Crippen LogP contribution in [0, 0.1) is 0 Å². The van der Waals surface area contributed by atoms with E-state index in [-0.39, 0.29) is 16.4 Å². The van der Waals surface area contributed by atoms with Crippen LogP contribution in [-0.4, -0.2) is 21.5 Å². The van der Waals surface area contributed by atoms with Crippen LogP contribution in [0.3, 0.4) is 0 Å². The highest BCUT2D eigenvalue weighted by Crippen LogP contribution is 2.32. The van der Waals surface area contributed by atoms with Gasteiger partial charge in [0, 0.05) is 23.6 Å². The molecule has 2 aromatic carbocycles. The van der Waals surface area contributed by atoms with Crippen molar-refractivity contribution in [2.75, 3.05) is 4.90 Å². The Morgan fingerprint density at radius 2 is 1.77 bits per heavy atom. The fourth-order valence-electron chi connectivity index (χ4n) is 3.31. The van der Waals surface area contributed by atoms with Crippen molar-refractivity contribution in [1.29, 1.82) is 0 Å². The summed E-state index contributed by atoms with van der Waals surface area (Å²) in [5.41, 5.74) is 0.256. The number of nitrogens with zero attached hydrogens (tertiary/aromatic N) is 2. The quantitative estimate of drug-likeness (QED) is 0.380.